The highest BCUT2D eigenvalue weighted by Crippen LogP contribution is 2.55. The highest BCUT2D eigenvalue weighted by Gasteiger charge is 2.46. The van der Waals surface area contributed by atoms with E-state index in [-0.39, 0.29) is 0 Å². The minimum Gasteiger partial charge on any atom is -0.481 e. The maximum Gasteiger partial charge on any atom is 0.303 e. The summed E-state index contributed by atoms with van der Waals surface area (Å²) in [5.74, 6) is 6.43. The molecule has 2 saturated heterocycles. The number of carboxylic acid groups (broad SMARTS) is 1. The second kappa shape index (κ2) is 14.5. The van der Waals surface area contributed by atoms with Crippen LogP contribution in [0.5, 0.6) is 0 Å². The monoisotopic (exact) mass is 422 g/mol. The molecule has 2 rings (SSSR count). The number of unbranched alkanes of at least 4 members (excludes halogenated alkanes) is 5. The van der Waals surface area contributed by atoms with Crippen LogP contribution < -0.4 is 0 Å². The molecule has 0 aromatic heterocycles. The van der Waals surface area contributed by atoms with Crippen molar-refractivity contribution < 1.29 is 9.90 Å². The first-order chi connectivity index (χ1) is 13.7. The molecule has 2 bridgehead atoms. The van der Waals surface area contributed by atoms with E-state index in [0.29, 0.717) is 6.42 Å². The summed E-state index contributed by atoms with van der Waals surface area (Å²) in [6, 6.07) is 0. The summed E-state index contributed by atoms with van der Waals surface area (Å²) in [4.78, 5) is 10.6. The first kappa shape index (κ1) is 23.7. The predicted molar refractivity (Wildman–Crippen MR) is 125 cm³/mol. The van der Waals surface area contributed by atoms with Crippen molar-refractivity contribution in [1.29, 1.82) is 0 Å². The molecule has 0 spiro atoms. The lowest BCUT2D eigenvalue weighted by molar-refractivity contribution is -0.137. The Morgan fingerprint density at radius 2 is 1.79 bits per heavy atom. The van der Waals surface area contributed by atoms with Gasteiger partial charge in [-0.3, -0.25) is 4.79 Å². The third kappa shape index (κ3) is 8.87. The van der Waals surface area contributed by atoms with E-state index in [0.717, 1.165) is 41.6 Å². The molecule has 28 heavy (non-hydrogen) atoms. The minimum absolute atomic E-state index is 0.292. The SMILES string of the molecule is C#CCCCCCSCCCC[C@@H]1[C@@H]2CCC(S2)[C@@H]1C/C=C\CCCC(=O)O. The minimum atomic E-state index is -0.681. The number of hydrogen-bond donors (Lipinski definition) is 1. The lowest BCUT2D eigenvalue weighted by Gasteiger charge is -2.29. The van der Waals surface area contributed by atoms with Gasteiger partial charge in [0.05, 0.1) is 0 Å². The fourth-order valence-electron chi connectivity index (χ4n) is 4.63. The van der Waals surface area contributed by atoms with Gasteiger partial charge in [0.25, 0.3) is 0 Å². The molecule has 1 unspecified atom stereocenters. The number of hydrogen-bond acceptors (Lipinski definition) is 3. The van der Waals surface area contributed by atoms with Crippen molar-refractivity contribution in [3.8, 4) is 12.3 Å². The molecule has 2 aliphatic rings. The van der Waals surface area contributed by atoms with Gasteiger partial charge in [-0.05, 0) is 81.1 Å². The molecule has 0 radical (unpaired) electrons. The summed E-state index contributed by atoms with van der Waals surface area (Å²) < 4.78 is 0. The number of terminal acetylenes is 1. The number of aliphatic carboxylic acids is 1. The molecule has 2 heterocycles. The molecule has 2 nitrogen and oxygen atoms in total. The Morgan fingerprint density at radius 3 is 2.54 bits per heavy atom. The topological polar surface area (TPSA) is 37.3 Å². The van der Waals surface area contributed by atoms with Crippen LogP contribution in [-0.2, 0) is 4.79 Å². The van der Waals surface area contributed by atoms with Crippen molar-refractivity contribution >= 4 is 29.5 Å². The Labute approximate surface area is 181 Å². The number of fused-ring (bicyclic) bond motifs is 2. The van der Waals surface area contributed by atoms with Gasteiger partial charge in [-0.15, -0.1) is 12.3 Å². The lowest BCUT2D eigenvalue weighted by Crippen LogP contribution is -2.26. The van der Waals surface area contributed by atoms with Crippen LogP contribution in [0.15, 0.2) is 12.2 Å². The van der Waals surface area contributed by atoms with Crippen LogP contribution in [0, 0.1) is 24.2 Å². The lowest BCUT2D eigenvalue weighted by atomic mass is 9.75. The molecule has 1 N–H and O–H groups in total. The van der Waals surface area contributed by atoms with Crippen molar-refractivity contribution in [3.63, 3.8) is 0 Å². The average molecular weight is 423 g/mol. The Bertz CT molecular complexity index is 511. The van der Waals surface area contributed by atoms with Crippen LogP contribution in [0.2, 0.25) is 0 Å². The quantitative estimate of drug-likeness (QED) is 0.169. The van der Waals surface area contributed by atoms with Crippen molar-refractivity contribution in [2.24, 2.45) is 11.8 Å². The maximum atomic E-state index is 10.6. The third-order valence-electron chi connectivity index (χ3n) is 6.11. The molecule has 4 atom stereocenters. The van der Waals surface area contributed by atoms with Crippen LogP contribution in [0.3, 0.4) is 0 Å². The summed E-state index contributed by atoms with van der Waals surface area (Å²) in [6.07, 6.45) is 24.8. The van der Waals surface area contributed by atoms with E-state index in [1.807, 2.05) is 0 Å². The predicted octanol–water partition coefficient (Wildman–Crippen LogP) is 6.79. The van der Waals surface area contributed by atoms with Gasteiger partial charge in [0, 0.05) is 23.3 Å². The first-order valence-corrected chi connectivity index (χ1v) is 13.4. The molecule has 158 valence electrons. The van der Waals surface area contributed by atoms with Gasteiger partial charge in [0.2, 0.25) is 0 Å². The maximum absolute atomic E-state index is 10.6. The Balaban J connectivity index is 1.55. The second-order valence-corrected chi connectivity index (χ2v) is 10.9. The number of carboxylic acids is 1. The van der Waals surface area contributed by atoms with E-state index >= 15 is 0 Å². The number of thioether (sulfide) groups is 2. The molecule has 0 aromatic rings. The van der Waals surface area contributed by atoms with Crippen molar-refractivity contribution in [2.45, 2.75) is 94.0 Å². The summed E-state index contributed by atoms with van der Waals surface area (Å²) >= 11 is 4.39. The summed E-state index contributed by atoms with van der Waals surface area (Å²) in [7, 11) is 0. The van der Waals surface area contributed by atoms with Gasteiger partial charge in [-0.2, -0.15) is 23.5 Å². The van der Waals surface area contributed by atoms with Crippen LogP contribution in [0.4, 0.5) is 0 Å². The third-order valence-corrected chi connectivity index (χ3v) is 9.14. The van der Waals surface area contributed by atoms with Crippen molar-refractivity contribution in [1.82, 2.24) is 0 Å². The molecule has 2 aliphatic heterocycles. The fraction of sp³-hybridized carbons (Fsp3) is 0.792. The molecule has 4 heteroatoms. The van der Waals surface area contributed by atoms with Gasteiger partial charge in [-0.25, -0.2) is 0 Å². The zero-order valence-corrected chi connectivity index (χ0v) is 19.0. The molecular formula is C24H38O2S2. The number of carbonyl (C=O) groups is 1. The molecule has 0 amide bonds. The highest BCUT2D eigenvalue weighted by atomic mass is 32.2. The fourth-order valence-corrected chi connectivity index (χ4v) is 7.70. The van der Waals surface area contributed by atoms with Crippen LogP contribution >= 0.6 is 23.5 Å². The van der Waals surface area contributed by atoms with Crippen LogP contribution in [0.25, 0.3) is 0 Å². The molecule has 2 fully saturated rings. The summed E-state index contributed by atoms with van der Waals surface area (Å²) in [5, 5.41) is 10.5. The standard InChI is InChI=1S/C24H38O2S2/c1-2-3-4-7-11-18-27-19-12-10-14-21-20(22-16-17-23(21)28-22)13-8-5-6-9-15-24(25)26/h1,5,8,20-23H,3-4,6-7,9-19H2,(H,25,26)/b8-5-/t20-,21+,22?,23+/m1/s1. The molecule has 0 saturated carbocycles. The largest absolute Gasteiger partial charge is 0.481 e. The average Bonchev–Trinajstić information content (AvgIpc) is 3.28. The van der Waals surface area contributed by atoms with Gasteiger partial charge in [-0.1, -0.05) is 25.0 Å². The van der Waals surface area contributed by atoms with E-state index in [1.165, 1.54) is 69.3 Å². The number of allylic oxidation sites excluding steroid dienone is 2. The van der Waals surface area contributed by atoms with Crippen LogP contribution in [0.1, 0.15) is 83.5 Å². The highest BCUT2D eigenvalue weighted by molar-refractivity contribution is 8.01. The summed E-state index contributed by atoms with van der Waals surface area (Å²) in [6.45, 7) is 0. The molecule has 0 aliphatic carbocycles. The van der Waals surface area contributed by atoms with E-state index in [1.54, 1.807) is 0 Å². The van der Waals surface area contributed by atoms with Crippen LogP contribution in [-0.4, -0.2) is 33.1 Å². The normalized spacial score (nSPS) is 26.1. The van der Waals surface area contributed by atoms with Gasteiger partial charge in [0.1, 0.15) is 0 Å². The van der Waals surface area contributed by atoms with Gasteiger partial charge >= 0.3 is 5.97 Å². The summed E-state index contributed by atoms with van der Waals surface area (Å²) in [5.41, 5.74) is 0. The Kier molecular flexibility index (Phi) is 12.3. The second-order valence-electron chi connectivity index (χ2n) is 8.23. The van der Waals surface area contributed by atoms with E-state index in [2.05, 4.69) is 41.6 Å². The Hall–Kier alpha value is -0.530. The van der Waals surface area contributed by atoms with E-state index in [9.17, 15) is 4.79 Å². The Morgan fingerprint density at radius 1 is 1.04 bits per heavy atom. The van der Waals surface area contributed by atoms with Crippen molar-refractivity contribution in [2.75, 3.05) is 11.5 Å². The first-order valence-electron chi connectivity index (χ1n) is 11.3. The molecular weight excluding hydrogens is 384 g/mol. The smallest absolute Gasteiger partial charge is 0.303 e. The van der Waals surface area contributed by atoms with E-state index < -0.39 is 5.97 Å². The van der Waals surface area contributed by atoms with Gasteiger partial charge < -0.3 is 5.11 Å². The van der Waals surface area contributed by atoms with Crippen molar-refractivity contribution in [3.05, 3.63) is 12.2 Å². The zero-order valence-electron chi connectivity index (χ0n) is 17.3. The van der Waals surface area contributed by atoms with Gasteiger partial charge in [0.15, 0.2) is 0 Å². The zero-order chi connectivity index (χ0) is 20.0. The van der Waals surface area contributed by atoms with E-state index in [4.69, 9.17) is 11.5 Å². The molecule has 0 aromatic carbocycles. The number of rotatable bonds is 16.